The first-order valence-corrected chi connectivity index (χ1v) is 4.91. The topological polar surface area (TPSA) is 63.9 Å². The van der Waals surface area contributed by atoms with Gasteiger partial charge in [-0.05, 0) is 12.1 Å². The van der Waals surface area contributed by atoms with Gasteiger partial charge in [0.1, 0.15) is 11.6 Å². The van der Waals surface area contributed by atoms with Crippen LogP contribution >= 0.6 is 0 Å². The Bertz CT molecular complexity index is 504. The second kappa shape index (κ2) is 3.02. The molecular weight excluding hydrogens is 190 g/mol. The smallest absolute Gasteiger partial charge is 0.149 e. The minimum atomic E-state index is 0.574. The molecule has 0 aliphatic carbocycles. The van der Waals surface area contributed by atoms with Crippen LogP contribution in [0, 0.1) is 0 Å². The molecule has 0 unspecified atom stereocenters. The van der Waals surface area contributed by atoms with Crippen molar-refractivity contribution in [3.8, 4) is 17.0 Å². The van der Waals surface area contributed by atoms with Crippen LogP contribution in [0.4, 0.5) is 5.82 Å². The Morgan fingerprint density at radius 2 is 2.20 bits per heavy atom. The first-order chi connectivity index (χ1) is 7.36. The molecular formula is C11H11N3O. The summed E-state index contributed by atoms with van der Waals surface area (Å²) in [6, 6.07) is 7.91. The van der Waals surface area contributed by atoms with Crippen LogP contribution in [0.5, 0.6) is 5.75 Å². The van der Waals surface area contributed by atoms with Gasteiger partial charge in [0, 0.05) is 17.5 Å². The summed E-state index contributed by atoms with van der Waals surface area (Å²) in [5, 5.41) is 7.00. The first-order valence-electron chi connectivity index (χ1n) is 4.91. The van der Waals surface area contributed by atoms with Gasteiger partial charge in [-0.1, -0.05) is 12.1 Å². The quantitative estimate of drug-likeness (QED) is 0.680. The zero-order valence-corrected chi connectivity index (χ0v) is 8.16. The Hall–Kier alpha value is -1.97. The molecule has 4 nitrogen and oxygen atoms in total. The highest BCUT2D eigenvalue weighted by Crippen LogP contribution is 2.35. The summed E-state index contributed by atoms with van der Waals surface area (Å²) in [5.41, 5.74) is 8.87. The lowest BCUT2D eigenvalue weighted by Crippen LogP contribution is -2.00. The second-order valence-electron chi connectivity index (χ2n) is 3.56. The molecule has 0 saturated heterocycles. The molecule has 3 rings (SSSR count). The van der Waals surface area contributed by atoms with Gasteiger partial charge in [-0.25, -0.2) is 0 Å². The van der Waals surface area contributed by atoms with Crippen LogP contribution in [0.25, 0.3) is 11.3 Å². The maximum Gasteiger partial charge on any atom is 0.149 e. The molecule has 3 N–H and O–H groups in total. The Morgan fingerprint density at radius 3 is 3.13 bits per heavy atom. The third-order valence-electron chi connectivity index (χ3n) is 2.67. The lowest BCUT2D eigenvalue weighted by Gasteiger charge is -2.05. The third-order valence-corrected chi connectivity index (χ3v) is 2.67. The van der Waals surface area contributed by atoms with Crippen molar-refractivity contribution in [3.05, 3.63) is 29.8 Å². The summed E-state index contributed by atoms with van der Waals surface area (Å²) in [6.07, 6.45) is 0.798. The van der Waals surface area contributed by atoms with Crippen molar-refractivity contribution in [3.63, 3.8) is 0 Å². The SMILES string of the molecule is Nc1n[nH]c2c1CCOc1ccccc1-2. The number of anilines is 1. The minimum absolute atomic E-state index is 0.574. The van der Waals surface area contributed by atoms with Crippen LogP contribution in [0.1, 0.15) is 5.56 Å². The van der Waals surface area contributed by atoms with Gasteiger partial charge in [-0.2, -0.15) is 5.10 Å². The monoisotopic (exact) mass is 201 g/mol. The highest BCUT2D eigenvalue weighted by atomic mass is 16.5. The second-order valence-corrected chi connectivity index (χ2v) is 3.56. The van der Waals surface area contributed by atoms with Crippen molar-refractivity contribution in [1.29, 1.82) is 0 Å². The number of nitrogens with one attached hydrogen (secondary N) is 1. The third kappa shape index (κ3) is 1.18. The molecule has 0 fully saturated rings. The van der Waals surface area contributed by atoms with E-state index in [-0.39, 0.29) is 0 Å². The largest absolute Gasteiger partial charge is 0.493 e. The average Bonchev–Trinajstić information content (AvgIpc) is 2.53. The van der Waals surface area contributed by atoms with E-state index in [9.17, 15) is 0 Å². The van der Waals surface area contributed by atoms with Crippen molar-refractivity contribution < 1.29 is 4.74 Å². The van der Waals surface area contributed by atoms with E-state index >= 15 is 0 Å². The molecule has 1 aliphatic heterocycles. The van der Waals surface area contributed by atoms with E-state index in [1.807, 2.05) is 24.3 Å². The predicted octanol–water partition coefficient (Wildman–Crippen LogP) is 1.59. The Labute approximate surface area is 87.1 Å². The molecule has 0 amide bonds. The Balaban J connectivity index is 2.27. The van der Waals surface area contributed by atoms with Crippen molar-refractivity contribution >= 4 is 5.82 Å². The maximum atomic E-state index is 5.79. The summed E-state index contributed by atoms with van der Waals surface area (Å²) in [6.45, 7) is 0.647. The lowest BCUT2D eigenvalue weighted by molar-refractivity contribution is 0.326. The molecule has 1 aromatic heterocycles. The summed E-state index contributed by atoms with van der Waals surface area (Å²) in [5.74, 6) is 1.46. The van der Waals surface area contributed by atoms with Gasteiger partial charge in [-0.15, -0.1) is 0 Å². The molecule has 4 heteroatoms. The fourth-order valence-corrected chi connectivity index (χ4v) is 1.92. The van der Waals surface area contributed by atoms with Crippen molar-refractivity contribution in [1.82, 2.24) is 10.2 Å². The van der Waals surface area contributed by atoms with E-state index in [1.54, 1.807) is 0 Å². The number of nitrogen functional groups attached to an aromatic ring is 1. The van der Waals surface area contributed by atoms with E-state index in [2.05, 4.69) is 10.2 Å². The molecule has 2 aromatic rings. The van der Waals surface area contributed by atoms with Gasteiger partial charge in [0.15, 0.2) is 0 Å². The summed E-state index contributed by atoms with van der Waals surface area (Å²) in [7, 11) is 0. The molecule has 15 heavy (non-hydrogen) atoms. The predicted molar refractivity (Wildman–Crippen MR) is 57.6 cm³/mol. The van der Waals surface area contributed by atoms with E-state index in [4.69, 9.17) is 10.5 Å². The van der Waals surface area contributed by atoms with E-state index in [0.717, 1.165) is 29.0 Å². The van der Waals surface area contributed by atoms with E-state index < -0.39 is 0 Å². The van der Waals surface area contributed by atoms with Crippen LogP contribution in [0.2, 0.25) is 0 Å². The Morgan fingerprint density at radius 1 is 1.33 bits per heavy atom. The Kier molecular flexibility index (Phi) is 1.68. The van der Waals surface area contributed by atoms with Crippen LogP contribution in [-0.2, 0) is 6.42 Å². The van der Waals surface area contributed by atoms with Crippen LogP contribution < -0.4 is 10.5 Å². The molecule has 0 radical (unpaired) electrons. The highest BCUT2D eigenvalue weighted by molar-refractivity contribution is 5.74. The summed E-state index contributed by atoms with van der Waals surface area (Å²) in [4.78, 5) is 0. The van der Waals surface area contributed by atoms with E-state index in [1.165, 1.54) is 0 Å². The van der Waals surface area contributed by atoms with E-state index in [0.29, 0.717) is 12.4 Å². The van der Waals surface area contributed by atoms with Crippen LogP contribution in [0.3, 0.4) is 0 Å². The zero-order valence-electron chi connectivity index (χ0n) is 8.16. The molecule has 1 aromatic carbocycles. The molecule has 0 spiro atoms. The number of fused-ring (bicyclic) bond motifs is 3. The van der Waals surface area contributed by atoms with Gasteiger partial charge in [0.05, 0.1) is 12.3 Å². The number of aromatic nitrogens is 2. The van der Waals surface area contributed by atoms with Crippen molar-refractivity contribution in [2.75, 3.05) is 12.3 Å². The number of aromatic amines is 1. The van der Waals surface area contributed by atoms with Crippen molar-refractivity contribution in [2.24, 2.45) is 0 Å². The fourth-order valence-electron chi connectivity index (χ4n) is 1.92. The number of ether oxygens (including phenoxy) is 1. The molecule has 0 saturated carbocycles. The van der Waals surface area contributed by atoms with Gasteiger partial charge in [-0.3, -0.25) is 5.10 Å². The molecule has 0 atom stereocenters. The molecule has 0 bridgehead atoms. The number of nitrogens with zero attached hydrogens (tertiary/aromatic N) is 1. The maximum absolute atomic E-state index is 5.79. The number of benzene rings is 1. The average molecular weight is 201 g/mol. The van der Waals surface area contributed by atoms with Gasteiger partial charge >= 0.3 is 0 Å². The zero-order chi connectivity index (χ0) is 10.3. The molecule has 2 heterocycles. The highest BCUT2D eigenvalue weighted by Gasteiger charge is 2.19. The fraction of sp³-hybridized carbons (Fsp3) is 0.182. The van der Waals surface area contributed by atoms with Gasteiger partial charge < -0.3 is 10.5 Å². The van der Waals surface area contributed by atoms with Crippen LogP contribution in [-0.4, -0.2) is 16.8 Å². The lowest BCUT2D eigenvalue weighted by atomic mass is 10.1. The number of para-hydroxylation sites is 1. The molecule has 1 aliphatic rings. The number of H-pyrrole nitrogens is 1. The number of hydrogen-bond acceptors (Lipinski definition) is 3. The standard InChI is InChI=1S/C11H11N3O/c12-11-8-5-6-15-9-4-2-1-3-7(9)10(8)13-14-11/h1-4H,5-6H2,(H3,12,13,14). The first kappa shape index (κ1) is 8.35. The van der Waals surface area contributed by atoms with Gasteiger partial charge in [0.25, 0.3) is 0 Å². The molecule has 76 valence electrons. The number of rotatable bonds is 0. The number of hydrogen-bond donors (Lipinski definition) is 2. The normalized spacial score (nSPS) is 13.6. The van der Waals surface area contributed by atoms with Crippen LogP contribution in [0.15, 0.2) is 24.3 Å². The van der Waals surface area contributed by atoms with Crippen molar-refractivity contribution in [2.45, 2.75) is 6.42 Å². The minimum Gasteiger partial charge on any atom is -0.493 e. The number of nitrogens with two attached hydrogens (primary N) is 1. The summed E-state index contributed by atoms with van der Waals surface area (Å²) < 4.78 is 5.64. The van der Waals surface area contributed by atoms with Gasteiger partial charge in [0.2, 0.25) is 0 Å². The summed E-state index contributed by atoms with van der Waals surface area (Å²) >= 11 is 0.